The Labute approximate surface area is 134 Å². The van der Waals surface area contributed by atoms with E-state index in [2.05, 4.69) is 5.32 Å². The molecule has 0 spiro atoms. The summed E-state index contributed by atoms with van der Waals surface area (Å²) in [6.07, 6.45) is 1.45. The average Bonchev–Trinajstić information content (AvgIpc) is 2.47. The van der Waals surface area contributed by atoms with E-state index in [1.807, 2.05) is 19.0 Å². The first-order valence-electron chi connectivity index (χ1n) is 7.48. The summed E-state index contributed by atoms with van der Waals surface area (Å²) in [5, 5.41) is 2.94. The quantitative estimate of drug-likeness (QED) is 0.512. The number of ketones is 2. The van der Waals surface area contributed by atoms with E-state index < -0.39 is 17.6 Å². The van der Waals surface area contributed by atoms with Crippen LogP contribution in [0.25, 0.3) is 0 Å². The van der Waals surface area contributed by atoms with Crippen LogP contribution in [-0.2, 0) is 9.59 Å². The zero-order valence-electron chi connectivity index (χ0n) is 13.2. The molecule has 6 heteroatoms. The molecule has 23 heavy (non-hydrogen) atoms. The highest BCUT2D eigenvalue weighted by Crippen LogP contribution is 2.33. The fraction of sp³-hybridized carbons (Fsp3) is 0.412. The second-order valence-electron chi connectivity index (χ2n) is 5.93. The number of allylic oxidation sites excluding steroid dienone is 1. The van der Waals surface area contributed by atoms with E-state index in [9.17, 15) is 18.4 Å². The van der Waals surface area contributed by atoms with E-state index >= 15 is 0 Å². The SMILES string of the molecule is CN(C)CCNC=C1C(=O)CC(c2cc(F)ccc2F)CC1=O. The molecule has 0 atom stereocenters. The number of nitrogens with zero attached hydrogens (tertiary/aromatic N) is 1. The van der Waals surface area contributed by atoms with E-state index in [-0.39, 0.29) is 35.5 Å². The summed E-state index contributed by atoms with van der Waals surface area (Å²) in [4.78, 5) is 26.3. The summed E-state index contributed by atoms with van der Waals surface area (Å²) in [7, 11) is 3.84. The van der Waals surface area contributed by atoms with Crippen molar-refractivity contribution in [3.8, 4) is 0 Å². The fourth-order valence-electron chi connectivity index (χ4n) is 2.57. The van der Waals surface area contributed by atoms with Gasteiger partial charge >= 0.3 is 0 Å². The minimum atomic E-state index is -0.607. The lowest BCUT2D eigenvalue weighted by molar-refractivity contribution is -0.124. The number of nitrogens with one attached hydrogen (secondary N) is 1. The number of likely N-dealkylation sites (N-methyl/N-ethyl adjacent to an activating group) is 1. The van der Waals surface area contributed by atoms with Crippen LogP contribution in [0, 0.1) is 11.6 Å². The van der Waals surface area contributed by atoms with Crippen LogP contribution >= 0.6 is 0 Å². The summed E-state index contributed by atoms with van der Waals surface area (Å²) >= 11 is 0. The molecule has 1 aliphatic rings. The van der Waals surface area contributed by atoms with Crippen LogP contribution in [0.3, 0.4) is 0 Å². The van der Waals surface area contributed by atoms with Crippen molar-refractivity contribution < 1.29 is 18.4 Å². The Morgan fingerprint density at radius 1 is 1.22 bits per heavy atom. The third-order valence-corrected chi connectivity index (χ3v) is 3.81. The zero-order chi connectivity index (χ0) is 17.0. The molecule has 2 rings (SSSR count). The van der Waals surface area contributed by atoms with Gasteiger partial charge in [-0.25, -0.2) is 8.78 Å². The summed E-state index contributed by atoms with van der Waals surface area (Å²) in [6.45, 7) is 1.38. The highest BCUT2D eigenvalue weighted by molar-refractivity contribution is 6.22. The van der Waals surface area contributed by atoms with Crippen molar-refractivity contribution in [2.75, 3.05) is 27.2 Å². The van der Waals surface area contributed by atoms with Gasteiger partial charge in [0.1, 0.15) is 11.6 Å². The Kier molecular flexibility index (Phi) is 5.60. The number of hydrogen-bond acceptors (Lipinski definition) is 4. The number of carbonyl (C=O) groups is 2. The van der Waals surface area contributed by atoms with E-state index in [0.29, 0.717) is 6.54 Å². The third kappa shape index (κ3) is 4.45. The largest absolute Gasteiger partial charge is 0.389 e. The number of halogens is 2. The second kappa shape index (κ2) is 7.46. The van der Waals surface area contributed by atoms with Crippen molar-refractivity contribution in [3.63, 3.8) is 0 Å². The van der Waals surface area contributed by atoms with E-state index in [4.69, 9.17) is 0 Å². The fourth-order valence-corrected chi connectivity index (χ4v) is 2.57. The van der Waals surface area contributed by atoms with E-state index in [0.717, 1.165) is 24.7 Å². The maximum absolute atomic E-state index is 13.8. The predicted octanol–water partition coefficient (Wildman–Crippen LogP) is 2.02. The first-order valence-corrected chi connectivity index (χ1v) is 7.48. The van der Waals surface area contributed by atoms with Crippen LogP contribution < -0.4 is 5.32 Å². The zero-order valence-corrected chi connectivity index (χ0v) is 13.2. The van der Waals surface area contributed by atoms with Gasteiger partial charge in [-0.05, 0) is 37.9 Å². The molecular formula is C17H20F2N2O2. The summed E-state index contributed by atoms with van der Waals surface area (Å²) in [5.41, 5.74) is 0.197. The lowest BCUT2D eigenvalue weighted by Gasteiger charge is -2.23. The number of hydrogen-bond donors (Lipinski definition) is 1. The summed E-state index contributed by atoms with van der Waals surface area (Å²) < 4.78 is 27.1. The number of Topliss-reactive ketones (excluding diaryl/α,β-unsaturated/α-hetero) is 2. The number of rotatable bonds is 5. The summed E-state index contributed by atoms with van der Waals surface area (Å²) in [5.74, 6) is -2.45. The van der Waals surface area contributed by atoms with Crippen LogP contribution in [0.2, 0.25) is 0 Å². The molecule has 0 amide bonds. The van der Waals surface area contributed by atoms with Crippen LogP contribution in [0.1, 0.15) is 24.3 Å². The van der Waals surface area contributed by atoms with Crippen molar-refractivity contribution in [2.45, 2.75) is 18.8 Å². The van der Waals surface area contributed by atoms with Gasteiger partial charge in [-0.3, -0.25) is 9.59 Å². The smallest absolute Gasteiger partial charge is 0.168 e. The molecule has 1 aliphatic carbocycles. The van der Waals surface area contributed by atoms with Gasteiger partial charge in [0.2, 0.25) is 0 Å². The first kappa shape index (κ1) is 17.3. The van der Waals surface area contributed by atoms with Crippen LogP contribution in [0.4, 0.5) is 8.78 Å². The maximum atomic E-state index is 13.8. The van der Waals surface area contributed by atoms with Gasteiger partial charge in [0.25, 0.3) is 0 Å². The lowest BCUT2D eigenvalue weighted by atomic mass is 9.80. The molecule has 0 radical (unpaired) electrons. The van der Waals surface area contributed by atoms with Crippen molar-refractivity contribution in [1.82, 2.24) is 10.2 Å². The number of carbonyl (C=O) groups excluding carboxylic acids is 2. The molecular weight excluding hydrogens is 302 g/mol. The van der Waals surface area contributed by atoms with Crippen molar-refractivity contribution >= 4 is 11.6 Å². The first-order chi connectivity index (χ1) is 10.9. The van der Waals surface area contributed by atoms with Gasteiger partial charge in [0, 0.05) is 38.0 Å². The lowest BCUT2D eigenvalue weighted by Crippen LogP contribution is -2.29. The third-order valence-electron chi connectivity index (χ3n) is 3.81. The van der Waals surface area contributed by atoms with Gasteiger partial charge in [0.15, 0.2) is 11.6 Å². The van der Waals surface area contributed by atoms with Crippen molar-refractivity contribution in [3.05, 3.63) is 47.2 Å². The second-order valence-corrected chi connectivity index (χ2v) is 5.93. The average molecular weight is 322 g/mol. The molecule has 1 saturated carbocycles. The molecule has 0 aliphatic heterocycles. The Morgan fingerprint density at radius 2 is 1.87 bits per heavy atom. The molecule has 1 aromatic rings. The van der Waals surface area contributed by atoms with Crippen LogP contribution in [0.5, 0.6) is 0 Å². The highest BCUT2D eigenvalue weighted by atomic mass is 19.1. The predicted molar refractivity (Wildman–Crippen MR) is 83.0 cm³/mol. The monoisotopic (exact) mass is 322 g/mol. The Bertz CT molecular complexity index is 621. The maximum Gasteiger partial charge on any atom is 0.168 e. The van der Waals surface area contributed by atoms with Crippen molar-refractivity contribution in [1.29, 1.82) is 0 Å². The molecule has 1 aromatic carbocycles. The molecule has 0 bridgehead atoms. The molecule has 0 unspecified atom stereocenters. The van der Waals surface area contributed by atoms with Gasteiger partial charge in [-0.2, -0.15) is 0 Å². The van der Waals surface area contributed by atoms with Crippen LogP contribution in [0.15, 0.2) is 30.0 Å². The van der Waals surface area contributed by atoms with E-state index in [1.54, 1.807) is 0 Å². The van der Waals surface area contributed by atoms with E-state index in [1.165, 1.54) is 6.20 Å². The number of benzene rings is 1. The van der Waals surface area contributed by atoms with Gasteiger partial charge in [0.05, 0.1) is 5.57 Å². The normalized spacial score (nSPS) is 18.5. The Balaban J connectivity index is 2.07. The molecule has 124 valence electrons. The van der Waals surface area contributed by atoms with Crippen LogP contribution in [-0.4, -0.2) is 43.7 Å². The minimum Gasteiger partial charge on any atom is -0.389 e. The Hall–Kier alpha value is -2.08. The van der Waals surface area contributed by atoms with Crippen molar-refractivity contribution in [2.24, 2.45) is 0 Å². The van der Waals surface area contributed by atoms with Gasteiger partial charge in [-0.15, -0.1) is 0 Å². The standard InChI is InChI=1S/C17H20F2N2O2/c1-21(2)6-5-20-10-14-16(22)7-11(8-17(14)23)13-9-12(18)3-4-15(13)19/h3-4,9-11,20H,5-8H2,1-2H3. The minimum absolute atomic E-state index is 0.00725. The molecule has 1 fully saturated rings. The Morgan fingerprint density at radius 3 is 2.48 bits per heavy atom. The molecule has 4 nitrogen and oxygen atoms in total. The molecule has 0 aromatic heterocycles. The van der Waals surface area contributed by atoms with Gasteiger partial charge in [-0.1, -0.05) is 0 Å². The molecule has 0 heterocycles. The topological polar surface area (TPSA) is 49.4 Å². The molecule has 1 N–H and O–H groups in total. The molecule has 0 saturated heterocycles. The summed E-state index contributed by atoms with van der Waals surface area (Å²) in [6, 6.07) is 3.10. The van der Waals surface area contributed by atoms with Gasteiger partial charge < -0.3 is 10.2 Å². The highest BCUT2D eigenvalue weighted by Gasteiger charge is 2.32.